The molecule has 2 amide bonds. The molecule has 0 bridgehead atoms. The number of carbonyl (C=O) groups excluding carboxylic acids is 3. The van der Waals surface area contributed by atoms with Crippen molar-refractivity contribution in [3.8, 4) is 5.75 Å². The highest BCUT2D eigenvalue weighted by atomic mass is 16.5. The molecule has 1 heterocycles. The van der Waals surface area contributed by atoms with Crippen LogP contribution in [0.25, 0.3) is 6.08 Å². The van der Waals surface area contributed by atoms with E-state index >= 15 is 0 Å². The van der Waals surface area contributed by atoms with Gasteiger partial charge in [0.15, 0.2) is 6.61 Å². The van der Waals surface area contributed by atoms with Crippen LogP contribution in [0.2, 0.25) is 0 Å². The summed E-state index contributed by atoms with van der Waals surface area (Å²) in [5, 5.41) is 2.53. The van der Waals surface area contributed by atoms with E-state index in [2.05, 4.69) is 5.32 Å². The number of ether oxygens (including phenoxy) is 2. The minimum Gasteiger partial charge on any atom is -0.497 e. The average molecular weight is 408 g/mol. The molecule has 156 valence electrons. The van der Waals surface area contributed by atoms with Gasteiger partial charge in [-0.1, -0.05) is 30.3 Å². The van der Waals surface area contributed by atoms with Crippen molar-refractivity contribution < 1.29 is 23.9 Å². The van der Waals surface area contributed by atoms with E-state index in [9.17, 15) is 14.4 Å². The Labute approximate surface area is 175 Å². The van der Waals surface area contributed by atoms with Crippen molar-refractivity contribution in [1.82, 2.24) is 5.32 Å². The average Bonchev–Trinajstić information content (AvgIpc) is 3.20. The Hall–Kier alpha value is -3.61. The van der Waals surface area contributed by atoms with Crippen LogP contribution in [0.3, 0.4) is 0 Å². The summed E-state index contributed by atoms with van der Waals surface area (Å²) in [5.74, 6) is -0.664. The van der Waals surface area contributed by atoms with Crippen LogP contribution in [0.15, 0.2) is 54.6 Å². The van der Waals surface area contributed by atoms with Crippen molar-refractivity contribution in [2.75, 3.05) is 25.2 Å². The number of fused-ring (bicyclic) bond motifs is 1. The first-order chi connectivity index (χ1) is 14.5. The Morgan fingerprint density at radius 1 is 1.13 bits per heavy atom. The zero-order chi connectivity index (χ0) is 21.5. The zero-order valence-corrected chi connectivity index (χ0v) is 17.0. The maximum atomic E-state index is 12.4. The quantitative estimate of drug-likeness (QED) is 0.562. The topological polar surface area (TPSA) is 84.9 Å². The van der Waals surface area contributed by atoms with E-state index in [0.29, 0.717) is 6.54 Å². The van der Waals surface area contributed by atoms with Crippen molar-refractivity contribution in [2.24, 2.45) is 0 Å². The smallest absolute Gasteiger partial charge is 0.328 e. The first kappa shape index (κ1) is 21.1. The van der Waals surface area contributed by atoms with Gasteiger partial charge in [0.05, 0.1) is 7.11 Å². The standard InChI is InChI=1S/C23H24N2O5/c1-16(24-21(26)12-9-17-7-10-19(29-2)11-8-17)23(28)30-15-22(27)25-14-13-18-5-3-4-6-20(18)25/h3-12,16H,13-15H2,1-2H3,(H,24,26)/b12-9+. The molecule has 2 aromatic rings. The van der Waals surface area contributed by atoms with E-state index in [0.717, 1.165) is 29.0 Å². The van der Waals surface area contributed by atoms with Gasteiger partial charge in [-0.05, 0) is 48.7 Å². The van der Waals surface area contributed by atoms with Gasteiger partial charge in [-0.15, -0.1) is 0 Å². The minimum atomic E-state index is -0.878. The molecule has 0 saturated heterocycles. The fourth-order valence-corrected chi connectivity index (χ4v) is 3.14. The van der Waals surface area contributed by atoms with E-state index in [4.69, 9.17) is 9.47 Å². The predicted molar refractivity (Wildman–Crippen MR) is 113 cm³/mol. The van der Waals surface area contributed by atoms with Gasteiger partial charge in [0.2, 0.25) is 5.91 Å². The summed E-state index contributed by atoms with van der Waals surface area (Å²) >= 11 is 0. The molecule has 1 aliphatic heterocycles. The highest BCUT2D eigenvalue weighted by Crippen LogP contribution is 2.27. The lowest BCUT2D eigenvalue weighted by molar-refractivity contribution is -0.150. The fraction of sp³-hybridized carbons (Fsp3) is 0.261. The number of nitrogens with zero attached hydrogens (tertiary/aromatic N) is 1. The summed E-state index contributed by atoms with van der Waals surface area (Å²) < 4.78 is 10.2. The normalized spacial score (nSPS) is 13.6. The van der Waals surface area contributed by atoms with Crippen molar-refractivity contribution >= 4 is 29.5 Å². The van der Waals surface area contributed by atoms with Gasteiger partial charge in [0, 0.05) is 18.3 Å². The molecule has 0 aromatic heterocycles. The van der Waals surface area contributed by atoms with Gasteiger partial charge in [0.1, 0.15) is 11.8 Å². The lowest BCUT2D eigenvalue weighted by atomic mass is 10.2. The SMILES string of the molecule is COc1ccc(/C=C/C(=O)NC(C)C(=O)OCC(=O)N2CCc3ccccc32)cc1. The van der Waals surface area contributed by atoms with E-state index < -0.39 is 17.9 Å². The molecule has 1 aliphatic rings. The first-order valence-electron chi connectivity index (χ1n) is 9.65. The van der Waals surface area contributed by atoms with Gasteiger partial charge < -0.3 is 19.7 Å². The second-order valence-electron chi connectivity index (χ2n) is 6.87. The Bertz CT molecular complexity index is 952. The second-order valence-corrected chi connectivity index (χ2v) is 6.87. The zero-order valence-electron chi connectivity index (χ0n) is 17.0. The van der Waals surface area contributed by atoms with Gasteiger partial charge in [-0.2, -0.15) is 0 Å². The number of hydrogen-bond acceptors (Lipinski definition) is 5. The molecule has 7 nitrogen and oxygen atoms in total. The first-order valence-corrected chi connectivity index (χ1v) is 9.65. The number of hydrogen-bond donors (Lipinski definition) is 1. The number of esters is 1. The summed E-state index contributed by atoms with van der Waals surface area (Å²) in [6, 6.07) is 14.0. The lowest BCUT2D eigenvalue weighted by Gasteiger charge is -2.18. The molecule has 0 aliphatic carbocycles. The summed E-state index contributed by atoms with van der Waals surface area (Å²) in [5.41, 5.74) is 2.77. The van der Waals surface area contributed by atoms with Crippen molar-refractivity contribution in [2.45, 2.75) is 19.4 Å². The van der Waals surface area contributed by atoms with Gasteiger partial charge >= 0.3 is 5.97 Å². The van der Waals surface area contributed by atoms with E-state index in [1.165, 1.54) is 13.0 Å². The largest absolute Gasteiger partial charge is 0.497 e. The number of para-hydroxylation sites is 1. The molecule has 0 saturated carbocycles. The number of benzene rings is 2. The van der Waals surface area contributed by atoms with E-state index in [1.807, 2.05) is 36.4 Å². The molecule has 0 radical (unpaired) electrons. The number of carbonyl (C=O) groups is 3. The maximum absolute atomic E-state index is 12.4. The Balaban J connectivity index is 1.45. The number of amides is 2. The highest BCUT2D eigenvalue weighted by Gasteiger charge is 2.25. The molecule has 2 aromatic carbocycles. The van der Waals surface area contributed by atoms with Gasteiger partial charge in [0.25, 0.3) is 5.91 Å². The van der Waals surface area contributed by atoms with Crippen LogP contribution in [-0.4, -0.2) is 44.1 Å². The number of methoxy groups -OCH3 is 1. The van der Waals surface area contributed by atoms with E-state index in [1.54, 1.807) is 30.2 Å². The number of rotatable bonds is 7. The second kappa shape index (κ2) is 9.73. The Morgan fingerprint density at radius 3 is 2.60 bits per heavy atom. The molecule has 1 N–H and O–H groups in total. The van der Waals surface area contributed by atoms with Crippen LogP contribution in [0, 0.1) is 0 Å². The van der Waals surface area contributed by atoms with Crippen LogP contribution < -0.4 is 15.0 Å². The third-order valence-corrected chi connectivity index (χ3v) is 4.78. The van der Waals surface area contributed by atoms with Crippen LogP contribution in [0.4, 0.5) is 5.69 Å². The fourth-order valence-electron chi connectivity index (χ4n) is 3.14. The van der Waals surface area contributed by atoms with Crippen LogP contribution in [0.5, 0.6) is 5.75 Å². The third kappa shape index (κ3) is 5.26. The Morgan fingerprint density at radius 2 is 1.87 bits per heavy atom. The van der Waals surface area contributed by atoms with Crippen LogP contribution in [-0.2, 0) is 25.5 Å². The summed E-state index contributed by atoms with van der Waals surface area (Å²) in [4.78, 5) is 38.2. The molecule has 3 rings (SSSR count). The van der Waals surface area contributed by atoms with E-state index in [-0.39, 0.29) is 12.5 Å². The molecular formula is C23H24N2O5. The van der Waals surface area contributed by atoms with Gasteiger partial charge in [-0.25, -0.2) is 4.79 Å². The van der Waals surface area contributed by atoms with Crippen molar-refractivity contribution in [3.05, 3.63) is 65.7 Å². The number of anilines is 1. The Kier molecular flexibility index (Phi) is 6.85. The summed E-state index contributed by atoms with van der Waals surface area (Å²) in [6.07, 6.45) is 3.74. The predicted octanol–water partition coefficient (Wildman–Crippen LogP) is 2.35. The molecule has 1 unspecified atom stereocenters. The van der Waals surface area contributed by atoms with Gasteiger partial charge in [-0.3, -0.25) is 9.59 Å². The van der Waals surface area contributed by atoms with Crippen molar-refractivity contribution in [3.63, 3.8) is 0 Å². The molecule has 30 heavy (non-hydrogen) atoms. The molecule has 7 heteroatoms. The highest BCUT2D eigenvalue weighted by molar-refractivity contribution is 5.98. The lowest BCUT2D eigenvalue weighted by Crippen LogP contribution is -2.40. The minimum absolute atomic E-state index is 0.286. The third-order valence-electron chi connectivity index (χ3n) is 4.78. The van der Waals surface area contributed by atoms with Crippen LogP contribution in [0.1, 0.15) is 18.1 Å². The van der Waals surface area contributed by atoms with Crippen LogP contribution >= 0.6 is 0 Å². The molecule has 0 fully saturated rings. The number of nitrogens with one attached hydrogen (secondary N) is 1. The molecular weight excluding hydrogens is 384 g/mol. The molecule has 1 atom stereocenters. The maximum Gasteiger partial charge on any atom is 0.328 e. The monoisotopic (exact) mass is 408 g/mol. The van der Waals surface area contributed by atoms with Crippen molar-refractivity contribution in [1.29, 1.82) is 0 Å². The summed E-state index contributed by atoms with van der Waals surface area (Å²) in [7, 11) is 1.58. The molecule has 0 spiro atoms. The summed E-state index contributed by atoms with van der Waals surface area (Å²) in [6.45, 7) is 1.71.